The van der Waals surface area contributed by atoms with Gasteiger partial charge in [0.25, 0.3) is 5.56 Å². The number of hydrogen-bond acceptors (Lipinski definition) is 5. The normalized spacial score (nSPS) is 14.2. The monoisotopic (exact) mass is 480 g/mol. The minimum absolute atomic E-state index is 0.120. The van der Waals surface area contributed by atoms with E-state index in [0.717, 1.165) is 21.5 Å². The summed E-state index contributed by atoms with van der Waals surface area (Å²) in [5.41, 5.74) is 4.22. The van der Waals surface area contributed by atoms with Crippen molar-refractivity contribution in [1.29, 1.82) is 0 Å². The highest BCUT2D eigenvalue weighted by Crippen LogP contribution is 2.46. The number of nitrogens with zero attached hydrogens (tertiary/aromatic N) is 3. The van der Waals surface area contributed by atoms with E-state index in [2.05, 4.69) is 5.32 Å². The summed E-state index contributed by atoms with van der Waals surface area (Å²) in [6.45, 7) is 0. The average molecular weight is 481 g/mol. The van der Waals surface area contributed by atoms with Crippen LogP contribution >= 0.6 is 0 Å². The topological polar surface area (TPSA) is 90.4 Å². The second kappa shape index (κ2) is 7.91. The third kappa shape index (κ3) is 2.94. The predicted molar refractivity (Wildman–Crippen MR) is 139 cm³/mol. The van der Waals surface area contributed by atoms with E-state index in [1.54, 1.807) is 26.3 Å². The van der Waals surface area contributed by atoms with Crippen LogP contribution in [0.5, 0.6) is 11.5 Å². The first-order valence-corrected chi connectivity index (χ1v) is 11.5. The van der Waals surface area contributed by atoms with E-state index < -0.39 is 11.7 Å². The van der Waals surface area contributed by atoms with Crippen LogP contribution in [0.4, 0.5) is 5.69 Å². The number of hydrogen-bond donors (Lipinski definition) is 2. The molecule has 1 aliphatic rings. The lowest BCUT2D eigenvalue weighted by Crippen LogP contribution is -2.37. The van der Waals surface area contributed by atoms with E-state index in [1.165, 1.54) is 11.6 Å². The molecule has 8 heteroatoms. The first-order chi connectivity index (χ1) is 17.4. The number of fused-ring (bicyclic) bond motifs is 5. The molecular formula is C28H24N4O4. The summed E-state index contributed by atoms with van der Waals surface area (Å²) in [7, 11) is 4.77. The van der Waals surface area contributed by atoms with Crippen LogP contribution in [0.1, 0.15) is 17.3 Å². The van der Waals surface area contributed by atoms with Crippen molar-refractivity contribution in [2.75, 3.05) is 12.4 Å². The number of anilines is 1. The molecule has 180 valence electrons. The molecule has 1 aliphatic heterocycles. The molecule has 1 atom stereocenters. The molecule has 2 aromatic heterocycles. The number of benzene rings is 3. The number of aromatic nitrogens is 3. The van der Waals surface area contributed by atoms with Crippen molar-refractivity contribution in [3.8, 4) is 28.4 Å². The Balaban J connectivity index is 1.85. The van der Waals surface area contributed by atoms with Gasteiger partial charge in [-0.25, -0.2) is 4.79 Å². The van der Waals surface area contributed by atoms with Crippen LogP contribution in [0.3, 0.4) is 0 Å². The van der Waals surface area contributed by atoms with Crippen LogP contribution in [0.25, 0.3) is 27.8 Å². The molecule has 0 radical (unpaired) electrons. The second-order valence-electron chi connectivity index (χ2n) is 8.88. The van der Waals surface area contributed by atoms with Crippen LogP contribution < -0.4 is 21.3 Å². The van der Waals surface area contributed by atoms with Gasteiger partial charge >= 0.3 is 5.69 Å². The molecule has 0 fully saturated rings. The molecule has 8 nitrogen and oxygen atoms in total. The fourth-order valence-electron chi connectivity index (χ4n) is 5.21. The minimum atomic E-state index is -0.520. The number of methoxy groups -OCH3 is 1. The number of nitrogens with one attached hydrogen (secondary N) is 1. The summed E-state index contributed by atoms with van der Waals surface area (Å²) in [4.78, 5) is 26.8. The van der Waals surface area contributed by atoms with Gasteiger partial charge < -0.3 is 19.7 Å². The molecular weight excluding hydrogens is 456 g/mol. The van der Waals surface area contributed by atoms with E-state index in [0.29, 0.717) is 33.6 Å². The maximum absolute atomic E-state index is 13.7. The molecule has 0 amide bonds. The molecule has 36 heavy (non-hydrogen) atoms. The maximum Gasteiger partial charge on any atom is 0.331 e. The fraction of sp³-hybridized carbons (Fsp3) is 0.143. The fourth-order valence-corrected chi connectivity index (χ4v) is 5.21. The number of ether oxygens (including phenoxy) is 1. The van der Waals surface area contributed by atoms with Crippen molar-refractivity contribution < 1.29 is 9.84 Å². The van der Waals surface area contributed by atoms with E-state index in [-0.39, 0.29) is 11.3 Å². The number of phenolic OH excluding ortho intramolecular Hbond substituents is 1. The molecule has 0 spiro atoms. The third-order valence-corrected chi connectivity index (χ3v) is 6.94. The lowest BCUT2D eigenvalue weighted by Gasteiger charge is -2.31. The van der Waals surface area contributed by atoms with Gasteiger partial charge in [0.15, 0.2) is 0 Å². The van der Waals surface area contributed by atoms with Gasteiger partial charge in [-0.05, 0) is 48.0 Å². The highest BCUT2D eigenvalue weighted by Gasteiger charge is 2.35. The van der Waals surface area contributed by atoms with Crippen molar-refractivity contribution in [1.82, 2.24) is 13.7 Å². The van der Waals surface area contributed by atoms with E-state index >= 15 is 0 Å². The molecule has 0 saturated heterocycles. The Morgan fingerprint density at radius 1 is 0.889 bits per heavy atom. The van der Waals surface area contributed by atoms with E-state index in [9.17, 15) is 14.7 Å². The highest BCUT2D eigenvalue weighted by atomic mass is 16.5. The third-order valence-electron chi connectivity index (χ3n) is 6.94. The number of aryl methyl sites for hydroxylation is 1. The number of para-hydroxylation sites is 3. The Morgan fingerprint density at radius 2 is 1.58 bits per heavy atom. The summed E-state index contributed by atoms with van der Waals surface area (Å²) >= 11 is 0. The summed E-state index contributed by atoms with van der Waals surface area (Å²) in [6.07, 6.45) is 0. The molecule has 5 aromatic rings. The SMILES string of the molecule is COc1ccc(-c2c3c(=O)n(C)c(=O)n(C)c3c3n2-c2ccccc2N[C@H]3c2ccccc2O)cc1. The molecule has 0 bridgehead atoms. The van der Waals surface area contributed by atoms with Crippen LogP contribution in [0, 0.1) is 0 Å². The van der Waals surface area contributed by atoms with Gasteiger partial charge in [0.2, 0.25) is 0 Å². The zero-order valence-electron chi connectivity index (χ0n) is 20.0. The molecule has 0 saturated carbocycles. The molecule has 0 aliphatic carbocycles. The van der Waals surface area contributed by atoms with Gasteiger partial charge in [-0.15, -0.1) is 0 Å². The molecule has 0 unspecified atom stereocenters. The summed E-state index contributed by atoms with van der Waals surface area (Å²) < 4.78 is 10.0. The van der Waals surface area contributed by atoms with Crippen LogP contribution in [-0.4, -0.2) is 25.9 Å². The lowest BCUT2D eigenvalue weighted by molar-refractivity contribution is 0.415. The second-order valence-corrected chi connectivity index (χ2v) is 8.88. The molecule has 3 heterocycles. The zero-order chi connectivity index (χ0) is 25.1. The maximum atomic E-state index is 13.7. The van der Waals surface area contributed by atoms with Gasteiger partial charge in [-0.1, -0.05) is 30.3 Å². The van der Waals surface area contributed by atoms with Gasteiger partial charge in [0.05, 0.1) is 46.8 Å². The largest absolute Gasteiger partial charge is 0.508 e. The Kier molecular flexibility index (Phi) is 4.79. The Labute approximate surface area is 206 Å². The first kappa shape index (κ1) is 21.8. The van der Waals surface area contributed by atoms with Gasteiger partial charge in [0.1, 0.15) is 11.5 Å². The van der Waals surface area contributed by atoms with E-state index in [1.807, 2.05) is 65.2 Å². The lowest BCUT2D eigenvalue weighted by atomic mass is 9.98. The number of phenols is 1. The smallest absolute Gasteiger partial charge is 0.331 e. The van der Waals surface area contributed by atoms with Crippen LogP contribution in [-0.2, 0) is 14.1 Å². The van der Waals surface area contributed by atoms with Gasteiger partial charge in [-0.3, -0.25) is 13.9 Å². The molecule has 6 rings (SSSR count). The first-order valence-electron chi connectivity index (χ1n) is 11.5. The average Bonchev–Trinajstić information content (AvgIpc) is 3.27. The predicted octanol–water partition coefficient (Wildman–Crippen LogP) is 3.92. The quantitative estimate of drug-likeness (QED) is 0.409. The Morgan fingerprint density at radius 3 is 2.31 bits per heavy atom. The van der Waals surface area contributed by atoms with Crippen molar-refractivity contribution in [2.45, 2.75) is 6.04 Å². The number of aromatic hydroxyl groups is 1. The van der Waals surface area contributed by atoms with Crippen molar-refractivity contribution in [3.63, 3.8) is 0 Å². The molecule has 2 N–H and O–H groups in total. The Bertz CT molecular complexity index is 1780. The van der Waals surface area contributed by atoms with Gasteiger partial charge in [0, 0.05) is 19.7 Å². The Hall–Kier alpha value is -4.72. The zero-order valence-corrected chi connectivity index (χ0v) is 20.0. The molecule has 3 aromatic carbocycles. The van der Waals surface area contributed by atoms with Crippen molar-refractivity contribution in [2.24, 2.45) is 14.1 Å². The summed E-state index contributed by atoms with van der Waals surface area (Å²) in [6, 6.07) is 21.9. The standard InChI is InChI=1S/C28H24N4O4/c1-30-25-22(27(34)31(2)28(30)35)24(16-12-14-17(36-3)15-13-16)32-20-10-6-5-9-19(20)29-23(26(25)32)18-8-4-7-11-21(18)33/h4-15,23,29,33H,1-3H3/t23-/m0/s1. The summed E-state index contributed by atoms with van der Waals surface area (Å²) in [5, 5.41) is 14.8. The van der Waals surface area contributed by atoms with Crippen molar-refractivity contribution >= 4 is 16.6 Å². The van der Waals surface area contributed by atoms with Gasteiger partial charge in [-0.2, -0.15) is 0 Å². The number of rotatable bonds is 3. The van der Waals surface area contributed by atoms with Crippen LogP contribution in [0.15, 0.2) is 82.4 Å². The minimum Gasteiger partial charge on any atom is -0.508 e. The van der Waals surface area contributed by atoms with Crippen molar-refractivity contribution in [3.05, 3.63) is 105 Å². The van der Waals surface area contributed by atoms with E-state index in [4.69, 9.17) is 4.74 Å². The van der Waals surface area contributed by atoms with Crippen LogP contribution in [0.2, 0.25) is 0 Å². The highest BCUT2D eigenvalue weighted by molar-refractivity contribution is 5.99. The summed E-state index contributed by atoms with van der Waals surface area (Å²) in [5.74, 6) is 0.818.